The second-order valence-electron chi connectivity index (χ2n) is 2.48. The molecule has 0 aliphatic rings. The summed E-state index contributed by atoms with van der Waals surface area (Å²) in [7, 11) is 1.20. The predicted molar refractivity (Wildman–Crippen MR) is 50.9 cm³/mol. The summed E-state index contributed by atoms with van der Waals surface area (Å²) in [6, 6.07) is 0. The first-order valence-corrected chi connectivity index (χ1v) is 4.45. The lowest BCUT2D eigenvalue weighted by Gasteiger charge is -2.10. The van der Waals surface area contributed by atoms with Crippen LogP contribution in [0.3, 0.4) is 0 Å². The summed E-state index contributed by atoms with van der Waals surface area (Å²) >= 11 is 10.7. The Labute approximate surface area is 94.0 Å². The lowest BCUT2D eigenvalue weighted by atomic mass is 10.2. The van der Waals surface area contributed by atoms with Gasteiger partial charge in [0.25, 0.3) is 11.7 Å². The Kier molecular flexibility index (Phi) is 3.82. The molecule has 0 bridgehead atoms. The van der Waals surface area contributed by atoms with Gasteiger partial charge in [-0.05, 0) is 11.6 Å². The van der Waals surface area contributed by atoms with E-state index in [0.29, 0.717) is 0 Å². The van der Waals surface area contributed by atoms with Gasteiger partial charge in [0.2, 0.25) is 0 Å². The van der Waals surface area contributed by atoms with Crippen LogP contribution in [0.25, 0.3) is 0 Å². The maximum Gasteiger partial charge on any atom is 0.272 e. The highest BCUT2D eigenvalue weighted by molar-refractivity contribution is 6.68. The first-order valence-electron chi connectivity index (χ1n) is 3.69. The van der Waals surface area contributed by atoms with Crippen LogP contribution in [0.2, 0.25) is 5.02 Å². The minimum Gasteiger partial charge on any atom is -0.495 e. The fourth-order valence-corrected chi connectivity index (χ4v) is 1.49. The molecule has 0 N–H and O–H groups in total. The van der Waals surface area contributed by atoms with Crippen molar-refractivity contribution >= 4 is 28.4 Å². The van der Waals surface area contributed by atoms with Gasteiger partial charge < -0.3 is 4.74 Å². The summed E-state index contributed by atoms with van der Waals surface area (Å²) in [5.41, 5.74) is -0.993. The molecule has 0 saturated carbocycles. The largest absolute Gasteiger partial charge is 0.495 e. The number of methoxy groups -OCH3 is 1. The second-order valence-corrected chi connectivity index (χ2v) is 3.20. The number of pyridine rings is 1. The van der Waals surface area contributed by atoms with Gasteiger partial charge >= 0.3 is 0 Å². The van der Waals surface area contributed by atoms with E-state index in [0.717, 1.165) is 6.20 Å². The molecule has 15 heavy (non-hydrogen) atoms. The number of hydrogen-bond donors (Lipinski definition) is 0. The number of carbonyl (C=O) groups excluding carboxylic acids is 1. The van der Waals surface area contributed by atoms with Crippen molar-refractivity contribution < 1.29 is 18.3 Å². The van der Waals surface area contributed by atoms with Crippen molar-refractivity contribution in [1.29, 1.82) is 0 Å². The number of halogens is 4. The summed E-state index contributed by atoms with van der Waals surface area (Å²) < 4.78 is 29.8. The van der Waals surface area contributed by atoms with Crippen LogP contribution in [0.1, 0.15) is 22.5 Å². The van der Waals surface area contributed by atoms with E-state index >= 15 is 0 Å². The topological polar surface area (TPSA) is 39.2 Å². The minimum atomic E-state index is -2.87. The number of alkyl halides is 2. The summed E-state index contributed by atoms with van der Waals surface area (Å²) in [6.45, 7) is 0. The van der Waals surface area contributed by atoms with Crippen molar-refractivity contribution in [3.63, 3.8) is 0 Å². The Balaban J connectivity index is 3.42. The van der Waals surface area contributed by atoms with Crippen molar-refractivity contribution in [3.8, 4) is 5.75 Å². The number of rotatable bonds is 3. The zero-order valence-electron chi connectivity index (χ0n) is 7.43. The fourth-order valence-electron chi connectivity index (χ4n) is 0.988. The molecule has 1 rings (SSSR count). The van der Waals surface area contributed by atoms with Crippen LogP contribution in [0.4, 0.5) is 8.78 Å². The quantitative estimate of drug-likeness (QED) is 0.780. The lowest BCUT2D eigenvalue weighted by molar-refractivity contribution is 0.107. The van der Waals surface area contributed by atoms with Crippen LogP contribution in [0, 0.1) is 0 Å². The Morgan fingerprint density at radius 1 is 1.60 bits per heavy atom. The molecule has 0 saturated heterocycles. The Morgan fingerprint density at radius 2 is 2.20 bits per heavy atom. The van der Waals surface area contributed by atoms with E-state index in [-0.39, 0.29) is 5.75 Å². The van der Waals surface area contributed by atoms with Gasteiger partial charge in [-0.15, -0.1) is 0 Å². The molecule has 0 radical (unpaired) electrons. The van der Waals surface area contributed by atoms with Crippen molar-refractivity contribution in [2.75, 3.05) is 7.11 Å². The molecule has 3 nitrogen and oxygen atoms in total. The van der Waals surface area contributed by atoms with Gasteiger partial charge in [-0.2, -0.15) is 0 Å². The van der Waals surface area contributed by atoms with Gasteiger partial charge in [-0.1, -0.05) is 11.6 Å². The van der Waals surface area contributed by atoms with Gasteiger partial charge in [-0.3, -0.25) is 4.79 Å². The lowest BCUT2D eigenvalue weighted by Crippen LogP contribution is -2.02. The second kappa shape index (κ2) is 4.72. The Bertz CT molecular complexity index is 398. The average molecular weight is 256 g/mol. The van der Waals surface area contributed by atoms with E-state index in [1.54, 1.807) is 0 Å². The van der Waals surface area contributed by atoms with Crippen molar-refractivity contribution in [3.05, 3.63) is 22.5 Å². The first kappa shape index (κ1) is 12.1. The number of nitrogens with zero attached hydrogens (tertiary/aromatic N) is 1. The van der Waals surface area contributed by atoms with Crippen molar-refractivity contribution in [1.82, 2.24) is 4.98 Å². The van der Waals surface area contributed by atoms with E-state index in [4.69, 9.17) is 23.2 Å². The SMILES string of the molecule is COc1cnc(C(=O)Cl)c(Cl)c1C(F)F. The molecule has 0 atom stereocenters. The normalized spacial score (nSPS) is 10.5. The molecular weight excluding hydrogens is 251 g/mol. The summed E-state index contributed by atoms with van der Waals surface area (Å²) in [5.74, 6) is -0.184. The number of ether oxygens (including phenoxy) is 1. The predicted octanol–water partition coefficient (Wildman–Crippen LogP) is 3.06. The zero-order valence-corrected chi connectivity index (χ0v) is 8.94. The van der Waals surface area contributed by atoms with Gasteiger partial charge in [0.1, 0.15) is 11.4 Å². The molecule has 1 aromatic heterocycles. The molecule has 1 heterocycles. The van der Waals surface area contributed by atoms with E-state index in [9.17, 15) is 13.6 Å². The monoisotopic (exact) mass is 255 g/mol. The van der Waals surface area contributed by atoms with E-state index in [2.05, 4.69) is 9.72 Å². The van der Waals surface area contributed by atoms with Gasteiger partial charge in [-0.25, -0.2) is 13.8 Å². The molecule has 0 fully saturated rings. The van der Waals surface area contributed by atoms with Crippen LogP contribution >= 0.6 is 23.2 Å². The molecule has 82 valence electrons. The third-order valence-electron chi connectivity index (χ3n) is 1.65. The smallest absolute Gasteiger partial charge is 0.272 e. The number of aromatic nitrogens is 1. The minimum absolute atomic E-state index is 0.184. The average Bonchev–Trinajstić information content (AvgIpc) is 2.15. The number of carbonyl (C=O) groups is 1. The van der Waals surface area contributed by atoms with E-state index < -0.39 is 27.9 Å². The van der Waals surface area contributed by atoms with Crippen LogP contribution in [-0.2, 0) is 0 Å². The zero-order chi connectivity index (χ0) is 11.6. The molecule has 0 amide bonds. The third kappa shape index (κ3) is 2.35. The van der Waals surface area contributed by atoms with Crippen molar-refractivity contribution in [2.24, 2.45) is 0 Å². The highest BCUT2D eigenvalue weighted by atomic mass is 35.5. The van der Waals surface area contributed by atoms with Gasteiger partial charge in [0, 0.05) is 0 Å². The van der Waals surface area contributed by atoms with E-state index in [1.165, 1.54) is 7.11 Å². The highest BCUT2D eigenvalue weighted by Crippen LogP contribution is 2.36. The molecule has 7 heteroatoms. The fraction of sp³-hybridized carbons (Fsp3) is 0.250. The van der Waals surface area contributed by atoms with Crippen LogP contribution in [-0.4, -0.2) is 17.3 Å². The Hall–Kier alpha value is -0.940. The molecule has 0 unspecified atom stereocenters. The molecule has 0 aliphatic carbocycles. The summed E-state index contributed by atoms with van der Waals surface area (Å²) in [6.07, 6.45) is -1.89. The summed E-state index contributed by atoms with van der Waals surface area (Å²) in [4.78, 5) is 14.3. The molecule has 0 aromatic carbocycles. The molecule has 0 spiro atoms. The molecule has 0 aliphatic heterocycles. The third-order valence-corrected chi connectivity index (χ3v) is 2.21. The molecule has 1 aromatic rings. The van der Waals surface area contributed by atoms with Crippen LogP contribution < -0.4 is 4.74 Å². The standard InChI is InChI=1S/C8H5Cl2F2NO2/c1-15-3-2-13-6(7(10)14)5(9)4(3)8(11)12/h2,8H,1H3. The van der Waals surface area contributed by atoms with E-state index in [1.807, 2.05) is 0 Å². The number of hydrogen-bond acceptors (Lipinski definition) is 3. The molecular formula is C8H5Cl2F2NO2. The maximum absolute atomic E-state index is 12.6. The van der Waals surface area contributed by atoms with Crippen LogP contribution in [0.5, 0.6) is 5.75 Å². The van der Waals surface area contributed by atoms with Crippen LogP contribution in [0.15, 0.2) is 6.20 Å². The Morgan fingerprint density at radius 3 is 2.60 bits per heavy atom. The van der Waals surface area contributed by atoms with Gasteiger partial charge in [0.05, 0.1) is 23.9 Å². The van der Waals surface area contributed by atoms with Crippen molar-refractivity contribution in [2.45, 2.75) is 6.43 Å². The highest BCUT2D eigenvalue weighted by Gasteiger charge is 2.23. The first-order chi connectivity index (χ1) is 6.99. The summed E-state index contributed by atoms with van der Waals surface area (Å²) in [5, 5.41) is -1.48. The maximum atomic E-state index is 12.6. The van der Waals surface area contributed by atoms with Gasteiger partial charge in [0.15, 0.2) is 0 Å².